The van der Waals surface area contributed by atoms with Crippen LogP contribution in [0.25, 0.3) is 0 Å². The molecule has 6 heteroatoms. The second-order valence-electron chi connectivity index (χ2n) is 6.00. The minimum Gasteiger partial charge on any atom is -0.306 e. The summed E-state index contributed by atoms with van der Waals surface area (Å²) >= 11 is 0. The van der Waals surface area contributed by atoms with Crippen molar-refractivity contribution >= 4 is 11.6 Å². The third-order valence-corrected chi connectivity index (χ3v) is 4.33. The van der Waals surface area contributed by atoms with Crippen molar-refractivity contribution in [1.82, 2.24) is 4.98 Å². The van der Waals surface area contributed by atoms with E-state index in [4.69, 9.17) is 0 Å². The Hall–Kier alpha value is -2.37. The number of alkyl halides is 2. The van der Waals surface area contributed by atoms with Crippen LogP contribution >= 0.6 is 0 Å². The number of anilines is 1. The summed E-state index contributed by atoms with van der Waals surface area (Å²) in [6.45, 7) is 3.31. The fourth-order valence-corrected chi connectivity index (χ4v) is 3.16. The maximum Gasteiger partial charge on any atom is 0.366 e. The number of aromatic nitrogens is 1. The molecular weight excluding hydrogens is 317 g/mol. The molecule has 0 radical (unpaired) electrons. The first kappa shape index (κ1) is 16.5. The van der Waals surface area contributed by atoms with Crippen molar-refractivity contribution in [1.29, 1.82) is 0 Å². The van der Waals surface area contributed by atoms with Gasteiger partial charge in [0.15, 0.2) is 0 Å². The minimum absolute atomic E-state index is 0.137. The van der Waals surface area contributed by atoms with Crippen LogP contribution in [0.2, 0.25) is 0 Å². The highest BCUT2D eigenvalue weighted by Crippen LogP contribution is 2.38. The Morgan fingerprint density at radius 2 is 1.96 bits per heavy atom. The van der Waals surface area contributed by atoms with Crippen LogP contribution in [0, 0.1) is 19.7 Å². The van der Waals surface area contributed by atoms with E-state index in [1.165, 1.54) is 37.4 Å². The molecular formula is C18H17F3N2O. The molecule has 1 aromatic heterocycles. The lowest BCUT2D eigenvalue weighted by atomic mass is 9.96. The number of carbonyl (C=O) groups excluding carboxylic acids is 1. The third-order valence-electron chi connectivity index (χ3n) is 4.33. The summed E-state index contributed by atoms with van der Waals surface area (Å²) < 4.78 is 43.6. The monoisotopic (exact) mass is 334 g/mol. The molecule has 0 atom stereocenters. The van der Waals surface area contributed by atoms with Crippen LogP contribution in [-0.4, -0.2) is 17.4 Å². The summed E-state index contributed by atoms with van der Waals surface area (Å²) in [5.41, 5.74) is 0.871. The van der Waals surface area contributed by atoms with Gasteiger partial charge >= 0.3 is 11.8 Å². The van der Waals surface area contributed by atoms with Crippen molar-refractivity contribution in [2.24, 2.45) is 0 Å². The van der Waals surface area contributed by atoms with E-state index in [0.717, 1.165) is 4.90 Å². The van der Waals surface area contributed by atoms with Gasteiger partial charge in [0, 0.05) is 18.3 Å². The largest absolute Gasteiger partial charge is 0.366 e. The first-order valence-corrected chi connectivity index (χ1v) is 7.74. The molecule has 0 saturated carbocycles. The number of fused-ring (bicyclic) bond motifs is 1. The summed E-state index contributed by atoms with van der Waals surface area (Å²) in [5.74, 6) is -5.59. The van der Waals surface area contributed by atoms with Crippen LogP contribution in [0.1, 0.15) is 28.8 Å². The van der Waals surface area contributed by atoms with Gasteiger partial charge in [0.25, 0.3) is 0 Å². The molecule has 3 nitrogen and oxygen atoms in total. The van der Waals surface area contributed by atoms with Gasteiger partial charge in [-0.1, -0.05) is 12.1 Å². The second-order valence-corrected chi connectivity index (χ2v) is 6.00. The lowest BCUT2D eigenvalue weighted by molar-refractivity contribution is -0.144. The van der Waals surface area contributed by atoms with Gasteiger partial charge in [0.05, 0.1) is 5.69 Å². The summed E-state index contributed by atoms with van der Waals surface area (Å²) in [4.78, 5) is 17.3. The molecule has 0 spiro atoms. The lowest BCUT2D eigenvalue weighted by Crippen LogP contribution is -2.45. The number of hydrogen-bond donors (Lipinski definition) is 0. The quantitative estimate of drug-likeness (QED) is 0.834. The van der Waals surface area contributed by atoms with Gasteiger partial charge in [-0.25, -0.2) is 4.39 Å². The molecule has 1 aliphatic rings. The molecule has 3 rings (SSSR count). The predicted octanol–water partition coefficient (Wildman–Crippen LogP) is 3.91. The first-order chi connectivity index (χ1) is 11.3. The van der Waals surface area contributed by atoms with Crippen molar-refractivity contribution in [3.05, 3.63) is 58.7 Å². The Labute approximate surface area is 138 Å². The standard InChI is InChI=1S/C18H17F3N2O/c1-11-7-8-14(19)13-6-4-10-23(15(11)13)17(24)18(20,21)16-12(2)5-3-9-22-16/h3,5,7-9H,4,6,10H2,1-2H3. The average molecular weight is 334 g/mol. The fraction of sp³-hybridized carbons (Fsp3) is 0.333. The Morgan fingerprint density at radius 3 is 2.67 bits per heavy atom. The van der Waals surface area contributed by atoms with Crippen molar-refractivity contribution < 1.29 is 18.0 Å². The normalized spacial score (nSPS) is 14.5. The maximum atomic E-state index is 14.8. The number of nitrogens with zero attached hydrogens (tertiary/aromatic N) is 2. The van der Waals surface area contributed by atoms with Crippen LogP contribution in [0.5, 0.6) is 0 Å². The van der Waals surface area contributed by atoms with Gasteiger partial charge in [0.2, 0.25) is 0 Å². The number of amides is 1. The summed E-state index contributed by atoms with van der Waals surface area (Å²) in [6.07, 6.45) is 2.11. The zero-order chi connectivity index (χ0) is 17.5. The number of aryl methyl sites for hydroxylation is 2. The van der Waals surface area contributed by atoms with Crippen LogP contribution in [-0.2, 0) is 17.1 Å². The maximum absolute atomic E-state index is 14.8. The van der Waals surface area contributed by atoms with Gasteiger partial charge in [-0.05, 0) is 49.9 Å². The van der Waals surface area contributed by atoms with E-state index < -0.39 is 23.3 Å². The third kappa shape index (κ3) is 2.56. The smallest absolute Gasteiger partial charge is 0.306 e. The number of carbonyl (C=O) groups is 1. The van der Waals surface area contributed by atoms with Crippen molar-refractivity contribution in [2.75, 3.05) is 11.4 Å². The van der Waals surface area contributed by atoms with E-state index in [2.05, 4.69) is 4.98 Å². The molecule has 2 heterocycles. The van der Waals surface area contributed by atoms with Crippen molar-refractivity contribution in [3.8, 4) is 0 Å². The van der Waals surface area contributed by atoms with E-state index >= 15 is 0 Å². The lowest BCUT2D eigenvalue weighted by Gasteiger charge is -2.33. The molecule has 2 aromatic rings. The van der Waals surface area contributed by atoms with E-state index in [9.17, 15) is 18.0 Å². The zero-order valence-corrected chi connectivity index (χ0v) is 13.4. The second kappa shape index (κ2) is 5.92. The van der Waals surface area contributed by atoms with Crippen LogP contribution < -0.4 is 4.90 Å². The Morgan fingerprint density at radius 1 is 1.21 bits per heavy atom. The molecule has 0 fully saturated rings. The summed E-state index contributed by atoms with van der Waals surface area (Å²) in [6, 6.07) is 5.83. The SMILES string of the molecule is Cc1cccnc1C(F)(F)C(=O)N1CCCc2c(F)ccc(C)c21. The van der Waals surface area contributed by atoms with Gasteiger partial charge < -0.3 is 4.90 Å². The molecule has 1 aliphatic heterocycles. The number of rotatable bonds is 2. The van der Waals surface area contributed by atoms with Crippen LogP contribution in [0.4, 0.5) is 18.9 Å². The highest BCUT2D eigenvalue weighted by Gasteiger charge is 2.47. The molecule has 0 saturated heterocycles. The Balaban J connectivity index is 2.07. The van der Waals surface area contributed by atoms with Gasteiger partial charge in [-0.2, -0.15) is 8.78 Å². The molecule has 0 unspecified atom stereocenters. The predicted molar refractivity (Wildman–Crippen MR) is 84.7 cm³/mol. The summed E-state index contributed by atoms with van der Waals surface area (Å²) in [5, 5.41) is 0. The highest BCUT2D eigenvalue weighted by molar-refractivity contribution is 6.00. The average Bonchev–Trinajstić information content (AvgIpc) is 2.57. The van der Waals surface area contributed by atoms with Crippen molar-refractivity contribution in [3.63, 3.8) is 0 Å². The molecule has 1 aromatic carbocycles. The zero-order valence-electron chi connectivity index (χ0n) is 13.4. The van der Waals surface area contributed by atoms with Gasteiger partial charge in [-0.15, -0.1) is 0 Å². The molecule has 0 aliphatic carbocycles. The van der Waals surface area contributed by atoms with Crippen LogP contribution in [0.3, 0.4) is 0 Å². The topological polar surface area (TPSA) is 33.2 Å². The van der Waals surface area contributed by atoms with Crippen LogP contribution in [0.15, 0.2) is 30.5 Å². The number of halogens is 3. The molecule has 24 heavy (non-hydrogen) atoms. The van der Waals surface area contributed by atoms with E-state index in [1.807, 2.05) is 0 Å². The molecule has 0 bridgehead atoms. The molecule has 126 valence electrons. The van der Waals surface area contributed by atoms with E-state index in [0.29, 0.717) is 24.0 Å². The number of pyridine rings is 1. The van der Waals surface area contributed by atoms with Crippen molar-refractivity contribution in [2.45, 2.75) is 32.6 Å². The van der Waals surface area contributed by atoms with E-state index in [-0.39, 0.29) is 17.8 Å². The molecule has 1 amide bonds. The first-order valence-electron chi connectivity index (χ1n) is 7.74. The Kier molecular flexibility index (Phi) is 4.07. The Bertz CT molecular complexity index is 805. The fourth-order valence-electron chi connectivity index (χ4n) is 3.16. The van der Waals surface area contributed by atoms with Gasteiger partial charge in [-0.3, -0.25) is 9.78 Å². The van der Waals surface area contributed by atoms with E-state index in [1.54, 1.807) is 6.92 Å². The number of hydrogen-bond acceptors (Lipinski definition) is 2. The molecule has 0 N–H and O–H groups in total. The highest BCUT2D eigenvalue weighted by atomic mass is 19.3. The summed E-state index contributed by atoms with van der Waals surface area (Å²) in [7, 11) is 0. The minimum atomic E-state index is -3.77. The number of benzene rings is 1. The van der Waals surface area contributed by atoms with Gasteiger partial charge in [0.1, 0.15) is 11.5 Å².